The Morgan fingerprint density at radius 1 is 1.10 bits per heavy atom. The molecular weight excluding hydrogens is 566 g/mol. The van der Waals surface area contributed by atoms with Crippen LogP contribution in [0.1, 0.15) is 35.6 Å². The molecule has 0 aliphatic carbocycles. The summed E-state index contributed by atoms with van der Waals surface area (Å²) in [5, 5.41) is 6.52. The number of halogens is 6. The number of ether oxygens (including phenoxy) is 1. The number of hydrogen-bond acceptors (Lipinski definition) is 4. The summed E-state index contributed by atoms with van der Waals surface area (Å²) in [5.41, 5.74) is -1.71. The van der Waals surface area contributed by atoms with Gasteiger partial charge in [0.2, 0.25) is 0 Å². The number of alkyl halides is 6. The Morgan fingerprint density at radius 2 is 1.80 bits per heavy atom. The summed E-state index contributed by atoms with van der Waals surface area (Å²) in [5.74, 6) is 1.35. The number of piperidine rings is 3. The molecule has 0 saturated carbocycles. The largest absolute Gasteiger partial charge is 0.497 e. The minimum absolute atomic E-state index is 0.0475. The molecule has 6 rings (SSSR count). The van der Waals surface area contributed by atoms with Crippen LogP contribution in [0.15, 0.2) is 61.3 Å². The molecule has 3 aliphatic rings. The van der Waals surface area contributed by atoms with Crippen LogP contribution in [0.25, 0.3) is 10.9 Å². The van der Waals surface area contributed by atoms with Gasteiger partial charge in [-0.2, -0.15) is 26.3 Å². The molecule has 2 N–H and O–H groups in total. The first-order valence-corrected chi connectivity index (χ1v) is 13.4. The van der Waals surface area contributed by atoms with Crippen LogP contribution >= 0.6 is 12.2 Å². The number of rotatable bonds is 6. The first-order chi connectivity index (χ1) is 19.4. The molecule has 3 fully saturated rings. The fraction of sp³-hybridized carbons (Fsp3) is 0.379. The Balaban J connectivity index is 1.51. The molecule has 41 heavy (non-hydrogen) atoms. The highest BCUT2D eigenvalue weighted by Crippen LogP contribution is 2.43. The Hall–Kier alpha value is -3.38. The van der Waals surface area contributed by atoms with E-state index in [1.807, 2.05) is 24.3 Å². The number of nitrogens with zero attached hydrogens (tertiary/aromatic N) is 2. The van der Waals surface area contributed by atoms with E-state index in [4.69, 9.17) is 17.0 Å². The number of pyridine rings is 1. The summed E-state index contributed by atoms with van der Waals surface area (Å²) >= 11 is 5.50. The van der Waals surface area contributed by atoms with E-state index in [1.54, 1.807) is 19.4 Å². The zero-order chi connectivity index (χ0) is 29.5. The minimum atomic E-state index is -4.97. The molecule has 2 bridgehead atoms. The fourth-order valence-electron chi connectivity index (χ4n) is 5.99. The lowest BCUT2D eigenvalue weighted by Gasteiger charge is -2.52. The molecule has 0 radical (unpaired) electrons. The van der Waals surface area contributed by atoms with Crippen molar-refractivity contribution in [1.29, 1.82) is 0 Å². The van der Waals surface area contributed by atoms with Gasteiger partial charge in [0.15, 0.2) is 5.11 Å². The van der Waals surface area contributed by atoms with Crippen molar-refractivity contribution in [3.05, 3.63) is 78.0 Å². The summed E-state index contributed by atoms with van der Waals surface area (Å²) in [7, 11) is 1.55. The number of aromatic nitrogens is 1. The van der Waals surface area contributed by atoms with Crippen LogP contribution in [0.5, 0.6) is 5.75 Å². The average Bonchev–Trinajstić information content (AvgIpc) is 2.94. The van der Waals surface area contributed by atoms with Crippen LogP contribution in [0.2, 0.25) is 0 Å². The third kappa shape index (κ3) is 6.13. The van der Waals surface area contributed by atoms with Crippen molar-refractivity contribution in [2.24, 2.45) is 11.8 Å². The molecule has 4 heterocycles. The van der Waals surface area contributed by atoms with Crippen LogP contribution in [-0.2, 0) is 12.4 Å². The maximum absolute atomic E-state index is 13.4. The highest BCUT2D eigenvalue weighted by Gasteiger charge is 2.43. The van der Waals surface area contributed by atoms with Gasteiger partial charge in [-0.1, -0.05) is 6.08 Å². The molecule has 3 saturated heterocycles. The lowest BCUT2D eigenvalue weighted by molar-refractivity contribution is -0.143. The summed E-state index contributed by atoms with van der Waals surface area (Å²) < 4.78 is 86.0. The zero-order valence-corrected chi connectivity index (χ0v) is 22.8. The molecule has 1 unspecified atom stereocenters. The highest BCUT2D eigenvalue weighted by atomic mass is 32.1. The Bertz CT molecular complexity index is 1430. The van der Waals surface area contributed by atoms with Gasteiger partial charge in [0.05, 0.1) is 29.8 Å². The van der Waals surface area contributed by atoms with Crippen molar-refractivity contribution in [2.75, 3.05) is 25.5 Å². The zero-order valence-electron chi connectivity index (χ0n) is 22.0. The molecule has 12 heteroatoms. The summed E-state index contributed by atoms with van der Waals surface area (Å²) in [6.07, 6.45) is -4.48. The van der Waals surface area contributed by atoms with Gasteiger partial charge in [-0.25, -0.2) is 0 Å². The third-order valence-corrected chi connectivity index (χ3v) is 8.21. The molecule has 1 aromatic heterocycles. The molecule has 3 aromatic rings. The number of methoxy groups -OCH3 is 1. The maximum Gasteiger partial charge on any atom is 0.416 e. The minimum Gasteiger partial charge on any atom is -0.497 e. The predicted octanol–water partition coefficient (Wildman–Crippen LogP) is 7.21. The predicted molar refractivity (Wildman–Crippen MR) is 149 cm³/mol. The number of benzene rings is 2. The number of hydrogen-bond donors (Lipinski definition) is 2. The normalized spacial score (nSPS) is 23.2. The Kier molecular flexibility index (Phi) is 7.90. The van der Waals surface area contributed by atoms with Gasteiger partial charge in [-0.15, -0.1) is 6.58 Å². The van der Waals surface area contributed by atoms with Crippen molar-refractivity contribution in [3.63, 3.8) is 0 Å². The van der Waals surface area contributed by atoms with E-state index in [2.05, 4.69) is 27.1 Å². The summed E-state index contributed by atoms with van der Waals surface area (Å²) in [6, 6.07) is 8.15. The van der Waals surface area contributed by atoms with E-state index >= 15 is 0 Å². The van der Waals surface area contributed by atoms with Gasteiger partial charge in [0, 0.05) is 29.9 Å². The van der Waals surface area contributed by atoms with Gasteiger partial charge in [-0.05, 0) is 91.5 Å². The first-order valence-electron chi connectivity index (χ1n) is 13.0. The van der Waals surface area contributed by atoms with Gasteiger partial charge >= 0.3 is 12.4 Å². The number of anilines is 1. The number of nitrogens with one attached hydrogen (secondary N) is 2. The smallest absolute Gasteiger partial charge is 0.416 e. The standard InChI is InChI=1S/C29H28F6N4OS/c1-3-16-15-39-9-7-17(16)10-25(39)26(22-6-8-36-24-5-4-21(40-2)14-23(22)24)38-27(41)37-20-12-18(28(30,31)32)11-19(13-20)29(33,34)35/h3-6,8,11-14,16-17,25-26H,1,7,9-10,15H2,2H3,(H2,37,38,41)/t16-,17-,25-,26+/m0/s1. The second-order valence-corrected chi connectivity index (χ2v) is 10.8. The van der Waals surface area contributed by atoms with E-state index < -0.39 is 35.2 Å². The number of thiocarbonyl (C=S) groups is 1. The van der Waals surface area contributed by atoms with E-state index in [1.165, 1.54) is 0 Å². The lowest BCUT2D eigenvalue weighted by atomic mass is 9.73. The molecule has 2 aromatic carbocycles. The van der Waals surface area contributed by atoms with E-state index in [0.29, 0.717) is 35.2 Å². The van der Waals surface area contributed by atoms with E-state index in [0.717, 1.165) is 36.9 Å². The quantitative estimate of drug-likeness (QED) is 0.179. The molecule has 0 spiro atoms. The monoisotopic (exact) mass is 594 g/mol. The maximum atomic E-state index is 13.4. The Morgan fingerprint density at radius 3 is 2.39 bits per heavy atom. The van der Waals surface area contributed by atoms with Crippen molar-refractivity contribution in [1.82, 2.24) is 15.2 Å². The molecule has 3 aliphatic heterocycles. The van der Waals surface area contributed by atoms with Crippen LogP contribution < -0.4 is 15.4 Å². The highest BCUT2D eigenvalue weighted by molar-refractivity contribution is 7.80. The van der Waals surface area contributed by atoms with Crippen LogP contribution in [0.3, 0.4) is 0 Å². The molecule has 0 amide bonds. The fourth-order valence-corrected chi connectivity index (χ4v) is 6.23. The van der Waals surface area contributed by atoms with Crippen LogP contribution in [-0.4, -0.2) is 41.2 Å². The van der Waals surface area contributed by atoms with Gasteiger partial charge in [0.1, 0.15) is 5.75 Å². The SMILES string of the molecule is C=C[C@H]1CN2CC[C@H]1C[C@H]2[C@H](NC(=S)Nc1cc(C(F)(F)F)cc(C(F)(F)F)c1)c1ccnc2ccc(OC)cc12. The second kappa shape index (κ2) is 11.1. The third-order valence-electron chi connectivity index (χ3n) is 7.99. The van der Waals surface area contributed by atoms with Gasteiger partial charge in [0.25, 0.3) is 0 Å². The Labute approximate surface area is 238 Å². The molecule has 5 nitrogen and oxygen atoms in total. The van der Waals surface area contributed by atoms with Crippen molar-refractivity contribution in [3.8, 4) is 5.75 Å². The van der Waals surface area contributed by atoms with E-state index in [-0.39, 0.29) is 17.2 Å². The first kappa shape index (κ1) is 29.1. The average molecular weight is 595 g/mol. The number of fused-ring (bicyclic) bond motifs is 4. The molecule has 218 valence electrons. The van der Waals surface area contributed by atoms with Crippen molar-refractivity contribution >= 4 is 33.9 Å². The second-order valence-electron chi connectivity index (χ2n) is 10.4. The van der Waals surface area contributed by atoms with Gasteiger partial charge < -0.3 is 15.4 Å². The van der Waals surface area contributed by atoms with Gasteiger partial charge in [-0.3, -0.25) is 9.88 Å². The van der Waals surface area contributed by atoms with Crippen molar-refractivity contribution < 1.29 is 31.1 Å². The van der Waals surface area contributed by atoms with Crippen molar-refractivity contribution in [2.45, 2.75) is 37.3 Å². The summed E-state index contributed by atoms with van der Waals surface area (Å²) in [6.45, 7) is 5.63. The molecule has 5 atom stereocenters. The lowest BCUT2D eigenvalue weighted by Crippen LogP contribution is -2.57. The summed E-state index contributed by atoms with van der Waals surface area (Å²) in [4.78, 5) is 6.80. The molecular formula is C29H28F6N4OS. The van der Waals surface area contributed by atoms with E-state index in [9.17, 15) is 26.3 Å². The topological polar surface area (TPSA) is 49.4 Å². The van der Waals surface area contributed by atoms with Crippen LogP contribution in [0.4, 0.5) is 32.0 Å². The van der Waals surface area contributed by atoms with Crippen LogP contribution in [0, 0.1) is 11.8 Å².